The van der Waals surface area contributed by atoms with Crippen molar-refractivity contribution in [1.29, 1.82) is 0 Å². The highest BCUT2D eigenvalue weighted by Gasteiger charge is 2.32. The van der Waals surface area contributed by atoms with Gasteiger partial charge in [0.25, 0.3) is 0 Å². The molecule has 0 aromatic rings. The van der Waals surface area contributed by atoms with E-state index in [2.05, 4.69) is 55.4 Å². The Balaban J connectivity index is 3.31. The van der Waals surface area contributed by atoms with E-state index in [0.29, 0.717) is 17.8 Å². The maximum Gasteiger partial charge on any atom is 0.00365 e. The lowest BCUT2D eigenvalue weighted by atomic mass is 9.85. The largest absolute Gasteiger partial charge is 0.0621 e. The van der Waals surface area contributed by atoms with E-state index in [1.807, 2.05) is 0 Å². The minimum absolute atomic E-state index is 0.663. The van der Waals surface area contributed by atoms with Crippen LogP contribution in [0.4, 0.5) is 0 Å². The van der Waals surface area contributed by atoms with Crippen LogP contribution in [0.2, 0.25) is 0 Å². The Morgan fingerprint density at radius 1 is 0.688 bits per heavy atom. The van der Waals surface area contributed by atoms with Crippen LogP contribution in [0, 0.1) is 23.7 Å². The van der Waals surface area contributed by atoms with E-state index in [1.165, 1.54) is 0 Å². The number of hydrogen-bond acceptors (Lipinski definition) is 0. The van der Waals surface area contributed by atoms with Gasteiger partial charge in [0, 0.05) is 5.92 Å². The molecule has 0 heteroatoms. The Morgan fingerprint density at radius 2 is 1.00 bits per heavy atom. The number of rotatable bonds is 3. The molecule has 0 nitrogen and oxygen atoms in total. The molecule has 0 N–H and O–H groups in total. The molecule has 1 aliphatic rings. The lowest BCUT2D eigenvalue weighted by Crippen LogP contribution is -2.09. The molecular formula is C16H28. The molecule has 0 saturated heterocycles. The van der Waals surface area contributed by atoms with Crippen molar-refractivity contribution >= 4 is 0 Å². The second kappa shape index (κ2) is 4.77. The van der Waals surface area contributed by atoms with Crippen LogP contribution in [0.25, 0.3) is 0 Å². The quantitative estimate of drug-likeness (QED) is 0.612. The van der Waals surface area contributed by atoms with E-state index < -0.39 is 0 Å². The maximum absolute atomic E-state index is 2.35. The summed E-state index contributed by atoms with van der Waals surface area (Å²) in [6.07, 6.45) is 0. The first kappa shape index (κ1) is 13.5. The van der Waals surface area contributed by atoms with Crippen molar-refractivity contribution in [1.82, 2.24) is 0 Å². The normalized spacial score (nSPS) is 18.9. The van der Waals surface area contributed by atoms with Crippen LogP contribution < -0.4 is 0 Å². The molecule has 0 amide bonds. The van der Waals surface area contributed by atoms with Crippen molar-refractivity contribution in [3.63, 3.8) is 0 Å². The Labute approximate surface area is 102 Å². The predicted octanol–water partition coefficient (Wildman–Crippen LogP) is 5.22. The second-order valence-electron chi connectivity index (χ2n) is 6.22. The van der Waals surface area contributed by atoms with Crippen LogP contribution in [-0.2, 0) is 0 Å². The third-order valence-corrected chi connectivity index (χ3v) is 3.89. The first-order valence-corrected chi connectivity index (χ1v) is 6.70. The first-order chi connectivity index (χ1) is 7.29. The van der Waals surface area contributed by atoms with Crippen LogP contribution >= 0.6 is 0 Å². The summed E-state index contributed by atoms with van der Waals surface area (Å²) in [6.45, 7) is 18.7. The molecule has 1 aliphatic carbocycles. The molecule has 0 heterocycles. The molecule has 0 saturated carbocycles. The van der Waals surface area contributed by atoms with Gasteiger partial charge in [0.05, 0.1) is 0 Å². The average molecular weight is 220 g/mol. The fourth-order valence-corrected chi connectivity index (χ4v) is 3.62. The Morgan fingerprint density at radius 3 is 1.19 bits per heavy atom. The summed E-state index contributed by atoms with van der Waals surface area (Å²) in [5.74, 6) is 2.74. The fourth-order valence-electron chi connectivity index (χ4n) is 3.62. The lowest BCUT2D eigenvalue weighted by molar-refractivity contribution is 0.504. The van der Waals surface area contributed by atoms with Crippen LogP contribution in [0.15, 0.2) is 22.3 Å². The third kappa shape index (κ3) is 2.12. The predicted molar refractivity (Wildman–Crippen MR) is 73.4 cm³/mol. The summed E-state index contributed by atoms with van der Waals surface area (Å²) in [5.41, 5.74) is 6.55. The van der Waals surface area contributed by atoms with Gasteiger partial charge in [-0.25, -0.2) is 0 Å². The van der Waals surface area contributed by atoms with Crippen molar-refractivity contribution in [2.75, 3.05) is 0 Å². The van der Waals surface area contributed by atoms with Crippen LogP contribution in [-0.4, -0.2) is 0 Å². The van der Waals surface area contributed by atoms with E-state index in [4.69, 9.17) is 0 Å². The minimum Gasteiger partial charge on any atom is -0.0621 e. The summed E-state index contributed by atoms with van der Waals surface area (Å²) in [7, 11) is 0. The van der Waals surface area contributed by atoms with Crippen molar-refractivity contribution < 1.29 is 0 Å². The minimum atomic E-state index is 0.663. The highest BCUT2D eigenvalue weighted by Crippen LogP contribution is 2.46. The van der Waals surface area contributed by atoms with E-state index in [9.17, 15) is 0 Å². The van der Waals surface area contributed by atoms with Gasteiger partial charge in [0.15, 0.2) is 0 Å². The van der Waals surface area contributed by atoms with E-state index >= 15 is 0 Å². The highest BCUT2D eigenvalue weighted by atomic mass is 14.4. The van der Waals surface area contributed by atoms with Gasteiger partial charge >= 0.3 is 0 Å². The van der Waals surface area contributed by atoms with Gasteiger partial charge in [-0.2, -0.15) is 0 Å². The molecule has 0 aromatic heterocycles. The third-order valence-electron chi connectivity index (χ3n) is 3.89. The van der Waals surface area contributed by atoms with Crippen LogP contribution in [0.3, 0.4) is 0 Å². The van der Waals surface area contributed by atoms with Crippen molar-refractivity contribution in [3.8, 4) is 0 Å². The molecule has 1 rings (SSSR count). The van der Waals surface area contributed by atoms with Crippen molar-refractivity contribution in [2.45, 2.75) is 55.4 Å². The summed E-state index contributed by atoms with van der Waals surface area (Å²) in [4.78, 5) is 0. The smallest absolute Gasteiger partial charge is 0.00365 e. The van der Waals surface area contributed by atoms with E-state index in [1.54, 1.807) is 22.3 Å². The Kier molecular flexibility index (Phi) is 4.04. The molecule has 0 radical (unpaired) electrons. The van der Waals surface area contributed by atoms with Gasteiger partial charge in [0.1, 0.15) is 0 Å². The zero-order chi connectivity index (χ0) is 12.6. The topological polar surface area (TPSA) is 0 Å². The van der Waals surface area contributed by atoms with E-state index in [0.717, 1.165) is 5.92 Å². The molecule has 0 bridgehead atoms. The molecule has 0 spiro atoms. The van der Waals surface area contributed by atoms with Crippen molar-refractivity contribution in [2.24, 2.45) is 23.7 Å². The zero-order valence-electron chi connectivity index (χ0n) is 12.3. The molecule has 0 fully saturated rings. The SMILES string of the molecule is CC1=C(C(C)C)C(C(C)C)=C(C)C1C(C)C. The molecule has 0 atom stereocenters. The maximum atomic E-state index is 2.35. The van der Waals surface area contributed by atoms with Crippen LogP contribution in [0.5, 0.6) is 0 Å². The van der Waals surface area contributed by atoms with Gasteiger partial charge in [-0.1, -0.05) is 52.7 Å². The second-order valence-corrected chi connectivity index (χ2v) is 6.22. The zero-order valence-corrected chi connectivity index (χ0v) is 12.3. The summed E-state index contributed by atoms with van der Waals surface area (Å²) in [6, 6.07) is 0. The fraction of sp³-hybridized carbons (Fsp3) is 0.750. The average Bonchev–Trinajstić information content (AvgIpc) is 2.36. The Bertz CT molecular complexity index is 294. The van der Waals surface area contributed by atoms with E-state index in [-0.39, 0.29) is 0 Å². The number of hydrogen-bond donors (Lipinski definition) is 0. The van der Waals surface area contributed by atoms with Gasteiger partial charge in [-0.05, 0) is 42.7 Å². The lowest BCUT2D eigenvalue weighted by Gasteiger charge is -2.19. The number of allylic oxidation sites excluding steroid dienone is 4. The van der Waals surface area contributed by atoms with Crippen LogP contribution in [0.1, 0.15) is 55.4 Å². The van der Waals surface area contributed by atoms with Gasteiger partial charge in [0.2, 0.25) is 0 Å². The van der Waals surface area contributed by atoms with Gasteiger partial charge < -0.3 is 0 Å². The summed E-state index contributed by atoms with van der Waals surface area (Å²) in [5, 5.41) is 0. The summed E-state index contributed by atoms with van der Waals surface area (Å²) >= 11 is 0. The molecule has 16 heavy (non-hydrogen) atoms. The monoisotopic (exact) mass is 220 g/mol. The van der Waals surface area contributed by atoms with Crippen molar-refractivity contribution in [3.05, 3.63) is 22.3 Å². The first-order valence-electron chi connectivity index (χ1n) is 6.70. The molecule has 0 aliphatic heterocycles. The molecule has 0 unspecified atom stereocenters. The molecular weight excluding hydrogens is 192 g/mol. The summed E-state index contributed by atoms with van der Waals surface area (Å²) < 4.78 is 0. The van der Waals surface area contributed by atoms with Gasteiger partial charge in [-0.3, -0.25) is 0 Å². The Hall–Kier alpha value is -0.520. The van der Waals surface area contributed by atoms with Gasteiger partial charge in [-0.15, -0.1) is 0 Å². The molecule has 0 aromatic carbocycles. The molecule has 92 valence electrons. The highest BCUT2D eigenvalue weighted by molar-refractivity contribution is 5.50. The standard InChI is InChI=1S/C16H28/c1-9(2)14-12(7)15(10(3)4)16(11(5)6)13(14)8/h9-11,14H,1-8H3.